The number of tetrazole rings is 1. The van der Waals surface area contributed by atoms with Gasteiger partial charge in [0.05, 0.1) is 6.04 Å². The summed E-state index contributed by atoms with van der Waals surface area (Å²) in [5.41, 5.74) is 0. The second kappa shape index (κ2) is 4.37. The van der Waals surface area contributed by atoms with Crippen molar-refractivity contribution in [3.63, 3.8) is 0 Å². The number of nitrogens with zero attached hydrogens (tertiary/aromatic N) is 4. The van der Waals surface area contributed by atoms with Gasteiger partial charge in [-0.3, -0.25) is 4.79 Å². The monoisotopic (exact) mass is 210 g/mol. The zero-order valence-electron chi connectivity index (χ0n) is 8.46. The van der Waals surface area contributed by atoms with E-state index in [1.54, 1.807) is 4.68 Å². The van der Waals surface area contributed by atoms with Gasteiger partial charge >= 0.3 is 5.97 Å². The number of aliphatic carboxylic acids is 1. The zero-order chi connectivity index (χ0) is 10.7. The molecule has 1 aliphatic rings. The summed E-state index contributed by atoms with van der Waals surface area (Å²) < 4.78 is 1.69. The minimum Gasteiger partial charge on any atom is -0.481 e. The fraction of sp³-hybridized carbons (Fsp3) is 0.778. The van der Waals surface area contributed by atoms with Crippen molar-refractivity contribution >= 4 is 5.97 Å². The Labute approximate surface area is 87.3 Å². The molecular formula is C9H14N4O2. The molecule has 1 aromatic heterocycles. The number of carbonyl (C=O) groups is 1. The van der Waals surface area contributed by atoms with E-state index in [9.17, 15) is 4.79 Å². The molecule has 1 N–H and O–H groups in total. The molecule has 0 spiro atoms. The Hall–Kier alpha value is -1.46. The minimum absolute atomic E-state index is 0.0938. The number of hydrogen-bond donors (Lipinski definition) is 1. The largest absolute Gasteiger partial charge is 0.481 e. The predicted molar refractivity (Wildman–Crippen MR) is 51.3 cm³/mol. The van der Waals surface area contributed by atoms with Gasteiger partial charge in [-0.25, -0.2) is 4.68 Å². The minimum atomic E-state index is -0.887. The van der Waals surface area contributed by atoms with Gasteiger partial charge in [0, 0.05) is 0 Å². The molecule has 0 bridgehead atoms. The van der Waals surface area contributed by atoms with E-state index in [0.29, 0.717) is 11.9 Å². The molecule has 1 fully saturated rings. The molecule has 0 amide bonds. The molecule has 6 nitrogen and oxygen atoms in total. The van der Waals surface area contributed by atoms with E-state index in [2.05, 4.69) is 15.5 Å². The van der Waals surface area contributed by atoms with Crippen LogP contribution in [-0.2, 0) is 11.2 Å². The SMILES string of the molecule is O=C(O)Cc1nnnn1C1CCCCC1. The molecule has 15 heavy (non-hydrogen) atoms. The molecule has 82 valence electrons. The quantitative estimate of drug-likeness (QED) is 0.798. The molecule has 0 unspecified atom stereocenters. The summed E-state index contributed by atoms with van der Waals surface area (Å²) in [6.07, 6.45) is 5.62. The van der Waals surface area contributed by atoms with Crippen LogP contribution in [0.3, 0.4) is 0 Å². The van der Waals surface area contributed by atoms with Crippen LogP contribution in [-0.4, -0.2) is 31.3 Å². The molecule has 2 rings (SSSR count). The lowest BCUT2D eigenvalue weighted by atomic mass is 9.95. The first-order valence-corrected chi connectivity index (χ1v) is 5.26. The number of hydrogen-bond acceptors (Lipinski definition) is 4. The van der Waals surface area contributed by atoms with Crippen molar-refractivity contribution in [2.45, 2.75) is 44.6 Å². The molecule has 1 saturated carbocycles. The number of aromatic nitrogens is 4. The molecule has 0 saturated heterocycles. The van der Waals surface area contributed by atoms with Gasteiger partial charge in [0.25, 0.3) is 0 Å². The molecule has 1 heterocycles. The van der Waals surface area contributed by atoms with Crippen LogP contribution in [0.2, 0.25) is 0 Å². The first kappa shape index (κ1) is 10.1. The van der Waals surface area contributed by atoms with E-state index in [1.165, 1.54) is 19.3 Å². The standard InChI is InChI=1S/C9H14N4O2/c14-9(15)6-8-10-11-12-13(8)7-4-2-1-3-5-7/h7H,1-6H2,(H,14,15). The molecular weight excluding hydrogens is 196 g/mol. The number of carboxylic acids is 1. The molecule has 1 aromatic rings. The van der Waals surface area contributed by atoms with E-state index >= 15 is 0 Å². The van der Waals surface area contributed by atoms with Crippen LogP contribution >= 0.6 is 0 Å². The van der Waals surface area contributed by atoms with Crippen molar-refractivity contribution in [3.05, 3.63) is 5.82 Å². The predicted octanol–water partition coefficient (Wildman–Crippen LogP) is 0.805. The van der Waals surface area contributed by atoms with Gasteiger partial charge in [-0.05, 0) is 23.3 Å². The molecule has 6 heteroatoms. The fourth-order valence-corrected chi connectivity index (χ4v) is 2.07. The molecule has 0 aliphatic heterocycles. The molecule has 0 atom stereocenters. The van der Waals surface area contributed by atoms with Gasteiger partial charge in [-0.15, -0.1) is 5.10 Å². The molecule has 0 aromatic carbocycles. The fourth-order valence-electron chi connectivity index (χ4n) is 2.07. The summed E-state index contributed by atoms with van der Waals surface area (Å²) in [7, 11) is 0. The van der Waals surface area contributed by atoms with Crippen LogP contribution in [0, 0.1) is 0 Å². The smallest absolute Gasteiger partial charge is 0.311 e. The van der Waals surface area contributed by atoms with E-state index in [4.69, 9.17) is 5.11 Å². The lowest BCUT2D eigenvalue weighted by Crippen LogP contribution is -2.18. The lowest BCUT2D eigenvalue weighted by Gasteiger charge is -2.21. The Balaban J connectivity index is 2.12. The van der Waals surface area contributed by atoms with Crippen molar-refractivity contribution in [2.24, 2.45) is 0 Å². The first-order chi connectivity index (χ1) is 7.27. The third-order valence-corrected chi connectivity index (χ3v) is 2.79. The van der Waals surface area contributed by atoms with E-state index in [0.717, 1.165) is 12.8 Å². The zero-order valence-corrected chi connectivity index (χ0v) is 8.46. The van der Waals surface area contributed by atoms with Crippen molar-refractivity contribution < 1.29 is 9.90 Å². The maximum Gasteiger partial charge on any atom is 0.311 e. The summed E-state index contributed by atoms with van der Waals surface area (Å²) in [5, 5.41) is 19.9. The Morgan fingerprint density at radius 3 is 2.80 bits per heavy atom. The second-order valence-corrected chi connectivity index (χ2v) is 3.90. The number of rotatable bonds is 3. The van der Waals surface area contributed by atoms with Crippen molar-refractivity contribution in [3.8, 4) is 0 Å². The third-order valence-electron chi connectivity index (χ3n) is 2.79. The van der Waals surface area contributed by atoms with Crippen LogP contribution < -0.4 is 0 Å². The normalized spacial score (nSPS) is 17.9. The highest BCUT2D eigenvalue weighted by Gasteiger charge is 2.20. The van der Waals surface area contributed by atoms with Gasteiger partial charge < -0.3 is 5.11 Å². The first-order valence-electron chi connectivity index (χ1n) is 5.26. The Morgan fingerprint density at radius 2 is 2.13 bits per heavy atom. The van der Waals surface area contributed by atoms with Gasteiger partial charge in [0.15, 0.2) is 5.82 Å². The molecule has 0 radical (unpaired) electrons. The van der Waals surface area contributed by atoms with Crippen molar-refractivity contribution in [2.75, 3.05) is 0 Å². The van der Waals surface area contributed by atoms with Crippen LogP contribution in [0.25, 0.3) is 0 Å². The van der Waals surface area contributed by atoms with Crippen LogP contribution in [0.5, 0.6) is 0 Å². The van der Waals surface area contributed by atoms with Gasteiger partial charge in [-0.2, -0.15) is 0 Å². The highest BCUT2D eigenvalue weighted by Crippen LogP contribution is 2.27. The van der Waals surface area contributed by atoms with Crippen molar-refractivity contribution in [1.82, 2.24) is 20.2 Å². The summed E-state index contributed by atoms with van der Waals surface area (Å²) in [5.74, 6) is -0.420. The Morgan fingerprint density at radius 1 is 1.40 bits per heavy atom. The summed E-state index contributed by atoms with van der Waals surface area (Å²) in [6, 6.07) is 0.295. The summed E-state index contributed by atoms with van der Waals surface area (Å²) in [4.78, 5) is 10.6. The van der Waals surface area contributed by atoms with E-state index < -0.39 is 5.97 Å². The second-order valence-electron chi connectivity index (χ2n) is 3.90. The third kappa shape index (κ3) is 2.31. The average molecular weight is 210 g/mol. The van der Waals surface area contributed by atoms with E-state index in [1.807, 2.05) is 0 Å². The van der Waals surface area contributed by atoms with Crippen LogP contribution in [0.4, 0.5) is 0 Å². The number of carboxylic acid groups (broad SMARTS) is 1. The van der Waals surface area contributed by atoms with Crippen LogP contribution in [0.15, 0.2) is 0 Å². The maximum absolute atomic E-state index is 10.6. The summed E-state index contributed by atoms with van der Waals surface area (Å²) >= 11 is 0. The Kier molecular flexibility index (Phi) is 2.94. The van der Waals surface area contributed by atoms with E-state index in [-0.39, 0.29) is 6.42 Å². The average Bonchev–Trinajstić information content (AvgIpc) is 2.66. The van der Waals surface area contributed by atoms with Gasteiger partial charge in [0.1, 0.15) is 6.42 Å². The maximum atomic E-state index is 10.6. The summed E-state index contributed by atoms with van der Waals surface area (Å²) in [6.45, 7) is 0. The highest BCUT2D eigenvalue weighted by atomic mass is 16.4. The highest BCUT2D eigenvalue weighted by molar-refractivity contribution is 5.68. The molecule has 1 aliphatic carbocycles. The Bertz CT molecular complexity index is 344. The van der Waals surface area contributed by atoms with Gasteiger partial charge in [-0.1, -0.05) is 19.3 Å². The van der Waals surface area contributed by atoms with Gasteiger partial charge in [0.2, 0.25) is 0 Å². The van der Waals surface area contributed by atoms with Crippen LogP contribution in [0.1, 0.15) is 44.0 Å². The lowest BCUT2D eigenvalue weighted by molar-refractivity contribution is -0.136. The topological polar surface area (TPSA) is 80.9 Å². The van der Waals surface area contributed by atoms with Crippen molar-refractivity contribution in [1.29, 1.82) is 0 Å².